The molecule has 0 atom stereocenters. The largest absolute Gasteiger partial charge is 0.383 e. The Morgan fingerprint density at radius 1 is 1.19 bits per heavy atom. The van der Waals surface area contributed by atoms with Gasteiger partial charge >= 0.3 is 5.69 Å². The predicted molar refractivity (Wildman–Crippen MR) is 107 cm³/mol. The Bertz CT molecular complexity index is 1080. The third-order valence-electron chi connectivity index (χ3n) is 4.33. The van der Waals surface area contributed by atoms with Gasteiger partial charge in [-0.3, -0.25) is 18.7 Å². The van der Waals surface area contributed by atoms with Crippen molar-refractivity contribution in [3.8, 4) is 0 Å². The van der Waals surface area contributed by atoms with Gasteiger partial charge in [-0.15, -0.1) is 11.3 Å². The molecule has 3 aromatic rings. The van der Waals surface area contributed by atoms with Gasteiger partial charge in [-0.1, -0.05) is 25.1 Å². The number of methoxy groups -OCH3 is 1. The Kier molecular flexibility index (Phi) is 5.88. The van der Waals surface area contributed by atoms with Crippen molar-refractivity contribution in [2.75, 3.05) is 19.0 Å². The Hall–Kier alpha value is -2.71. The van der Waals surface area contributed by atoms with E-state index < -0.39 is 5.69 Å². The van der Waals surface area contributed by atoms with Crippen LogP contribution in [0.25, 0.3) is 10.2 Å². The summed E-state index contributed by atoms with van der Waals surface area (Å²) in [7, 11) is 1.51. The molecule has 3 rings (SSSR count). The number of carbonyl (C=O) groups is 1. The number of aromatic nitrogens is 2. The van der Waals surface area contributed by atoms with Crippen molar-refractivity contribution in [2.24, 2.45) is 0 Å². The number of nitrogens with one attached hydrogen (secondary N) is 1. The number of thiophene rings is 1. The summed E-state index contributed by atoms with van der Waals surface area (Å²) < 4.78 is 7.90. The molecular formula is C19H21N3O4S. The quantitative estimate of drug-likeness (QED) is 0.673. The Balaban J connectivity index is 1.96. The minimum absolute atomic E-state index is 0.141. The van der Waals surface area contributed by atoms with E-state index in [-0.39, 0.29) is 31.2 Å². The first-order chi connectivity index (χ1) is 13.1. The Morgan fingerprint density at radius 3 is 2.70 bits per heavy atom. The van der Waals surface area contributed by atoms with Gasteiger partial charge < -0.3 is 10.1 Å². The fraction of sp³-hybridized carbons (Fsp3) is 0.316. The van der Waals surface area contributed by atoms with Crippen LogP contribution >= 0.6 is 11.3 Å². The molecule has 142 valence electrons. The molecule has 27 heavy (non-hydrogen) atoms. The van der Waals surface area contributed by atoms with Crippen molar-refractivity contribution in [3.63, 3.8) is 0 Å². The second-order valence-electron chi connectivity index (χ2n) is 6.01. The van der Waals surface area contributed by atoms with Crippen LogP contribution in [0.4, 0.5) is 5.69 Å². The molecule has 7 nitrogen and oxygen atoms in total. The summed E-state index contributed by atoms with van der Waals surface area (Å²) >= 11 is 1.26. The number of carbonyl (C=O) groups excluding carboxylic acids is 1. The molecule has 0 spiro atoms. The lowest BCUT2D eigenvalue weighted by Crippen LogP contribution is -2.42. The monoisotopic (exact) mass is 387 g/mol. The van der Waals surface area contributed by atoms with Crippen LogP contribution in [0.5, 0.6) is 0 Å². The first-order valence-corrected chi connectivity index (χ1v) is 9.52. The molecular weight excluding hydrogens is 366 g/mol. The molecule has 1 amide bonds. The third kappa shape index (κ3) is 3.86. The molecule has 0 aliphatic heterocycles. The maximum Gasteiger partial charge on any atom is 0.332 e. The smallest absolute Gasteiger partial charge is 0.332 e. The van der Waals surface area contributed by atoms with E-state index in [4.69, 9.17) is 4.74 Å². The lowest BCUT2D eigenvalue weighted by Gasteiger charge is -2.13. The van der Waals surface area contributed by atoms with E-state index in [1.165, 1.54) is 23.0 Å². The summed E-state index contributed by atoms with van der Waals surface area (Å²) in [5.74, 6) is -0.317. The van der Waals surface area contributed by atoms with Crippen molar-refractivity contribution in [3.05, 3.63) is 62.1 Å². The van der Waals surface area contributed by atoms with Gasteiger partial charge in [0.25, 0.3) is 5.56 Å². The lowest BCUT2D eigenvalue weighted by molar-refractivity contribution is -0.116. The molecule has 0 radical (unpaired) electrons. The second kappa shape index (κ2) is 8.32. The average molecular weight is 387 g/mol. The SMILES string of the molecule is CCc1ccccc1NC(=O)Cn1c(=O)n(CCOC)c(=O)c2sccc21. The first kappa shape index (κ1) is 19.1. The molecule has 0 aliphatic rings. The number of aryl methyl sites for hydroxylation is 1. The number of fused-ring (bicyclic) bond motifs is 1. The summed E-state index contributed by atoms with van der Waals surface area (Å²) in [5, 5.41) is 4.61. The standard InChI is InChI=1S/C19H21N3O4S/c1-3-13-6-4-5-7-14(13)20-16(23)12-22-15-8-11-27-17(15)18(24)21(19(22)25)9-10-26-2/h4-8,11H,3,9-10,12H2,1-2H3,(H,20,23). The van der Waals surface area contributed by atoms with Crippen LogP contribution in [0, 0.1) is 0 Å². The summed E-state index contributed by atoms with van der Waals surface area (Å²) in [6, 6.07) is 9.24. The van der Waals surface area contributed by atoms with Gasteiger partial charge in [0.15, 0.2) is 0 Å². The fourth-order valence-electron chi connectivity index (χ4n) is 2.95. The summed E-state index contributed by atoms with van der Waals surface area (Å²) in [4.78, 5) is 37.9. The van der Waals surface area contributed by atoms with E-state index in [0.29, 0.717) is 10.2 Å². The van der Waals surface area contributed by atoms with Gasteiger partial charge in [0, 0.05) is 12.8 Å². The minimum atomic E-state index is -0.512. The van der Waals surface area contributed by atoms with Gasteiger partial charge in [0.1, 0.15) is 11.2 Å². The van der Waals surface area contributed by atoms with Crippen LogP contribution in [-0.2, 0) is 29.0 Å². The Morgan fingerprint density at radius 2 is 1.96 bits per heavy atom. The highest BCUT2D eigenvalue weighted by atomic mass is 32.1. The van der Waals surface area contributed by atoms with Crippen LogP contribution in [0.15, 0.2) is 45.3 Å². The number of para-hydroxylation sites is 1. The van der Waals surface area contributed by atoms with Crippen LogP contribution < -0.4 is 16.6 Å². The molecule has 8 heteroatoms. The van der Waals surface area contributed by atoms with E-state index in [1.807, 2.05) is 31.2 Å². The number of rotatable bonds is 7. The number of anilines is 1. The molecule has 0 unspecified atom stereocenters. The van der Waals surface area contributed by atoms with E-state index >= 15 is 0 Å². The number of hydrogen-bond donors (Lipinski definition) is 1. The molecule has 0 fully saturated rings. The topological polar surface area (TPSA) is 82.3 Å². The molecule has 1 aromatic carbocycles. The fourth-order valence-corrected chi connectivity index (χ4v) is 3.79. The highest BCUT2D eigenvalue weighted by Crippen LogP contribution is 2.17. The van der Waals surface area contributed by atoms with Gasteiger partial charge in [-0.05, 0) is 29.5 Å². The molecule has 2 aromatic heterocycles. The number of ether oxygens (including phenoxy) is 1. The van der Waals surface area contributed by atoms with E-state index in [9.17, 15) is 14.4 Å². The van der Waals surface area contributed by atoms with E-state index in [0.717, 1.165) is 22.2 Å². The van der Waals surface area contributed by atoms with E-state index in [1.54, 1.807) is 11.4 Å². The number of benzene rings is 1. The van der Waals surface area contributed by atoms with Gasteiger partial charge in [0.05, 0.1) is 18.7 Å². The van der Waals surface area contributed by atoms with Crippen molar-refractivity contribution in [1.29, 1.82) is 0 Å². The average Bonchev–Trinajstić information content (AvgIpc) is 3.15. The van der Waals surface area contributed by atoms with Crippen molar-refractivity contribution >= 4 is 33.1 Å². The molecule has 0 saturated heterocycles. The maximum atomic E-state index is 12.8. The summed E-state index contributed by atoms with van der Waals surface area (Å²) in [5.41, 5.74) is 1.36. The molecule has 0 saturated carbocycles. The Labute approximate surface area is 159 Å². The molecule has 0 bridgehead atoms. The summed E-state index contributed by atoms with van der Waals surface area (Å²) in [6.45, 7) is 2.22. The second-order valence-corrected chi connectivity index (χ2v) is 6.93. The number of nitrogens with zero attached hydrogens (tertiary/aromatic N) is 2. The van der Waals surface area contributed by atoms with Crippen molar-refractivity contribution in [1.82, 2.24) is 9.13 Å². The minimum Gasteiger partial charge on any atom is -0.383 e. The van der Waals surface area contributed by atoms with Gasteiger partial charge in [-0.25, -0.2) is 4.79 Å². The van der Waals surface area contributed by atoms with Gasteiger partial charge in [-0.2, -0.15) is 0 Å². The van der Waals surface area contributed by atoms with Crippen LogP contribution in [0.2, 0.25) is 0 Å². The van der Waals surface area contributed by atoms with Crippen LogP contribution in [0.3, 0.4) is 0 Å². The van der Waals surface area contributed by atoms with Crippen LogP contribution in [-0.4, -0.2) is 28.8 Å². The third-order valence-corrected chi connectivity index (χ3v) is 5.22. The zero-order valence-corrected chi connectivity index (χ0v) is 16.0. The highest BCUT2D eigenvalue weighted by Gasteiger charge is 2.16. The highest BCUT2D eigenvalue weighted by molar-refractivity contribution is 7.17. The zero-order valence-electron chi connectivity index (χ0n) is 15.2. The maximum absolute atomic E-state index is 12.8. The normalized spacial score (nSPS) is 11.0. The molecule has 1 N–H and O–H groups in total. The van der Waals surface area contributed by atoms with E-state index in [2.05, 4.69) is 5.32 Å². The summed E-state index contributed by atoms with van der Waals surface area (Å²) in [6.07, 6.45) is 0.785. The van der Waals surface area contributed by atoms with Crippen LogP contribution in [0.1, 0.15) is 12.5 Å². The number of hydrogen-bond acceptors (Lipinski definition) is 5. The molecule has 0 aliphatic carbocycles. The molecule has 2 heterocycles. The van der Waals surface area contributed by atoms with Crippen molar-refractivity contribution in [2.45, 2.75) is 26.4 Å². The van der Waals surface area contributed by atoms with Crippen molar-refractivity contribution < 1.29 is 9.53 Å². The lowest BCUT2D eigenvalue weighted by atomic mass is 10.1. The zero-order chi connectivity index (χ0) is 19.4. The predicted octanol–water partition coefficient (Wildman–Crippen LogP) is 2.07. The van der Waals surface area contributed by atoms with Gasteiger partial charge in [0.2, 0.25) is 5.91 Å². The first-order valence-electron chi connectivity index (χ1n) is 8.64. The number of amides is 1.